The smallest absolute Gasteiger partial charge is 0.120 e. The largest absolute Gasteiger partial charge is 0.508 e. The van der Waals surface area contributed by atoms with E-state index in [0.29, 0.717) is 6.54 Å². The number of phenolic OH excluding ortho intramolecular Hbond substituents is 2. The average molecular weight is 362 g/mol. The standard InChI is InChI=1S/C23H26N2O2/c1-16-6-7-18(13-17(16)2)23-21-5-3-10-24(21)11-4-12-25(23)15-19-14-20(26)8-9-22(19)27/h3,5-10,13-14,23,26-27H,4,11-12,15H2,1-2H3. The molecular formula is C23H26N2O2. The lowest BCUT2D eigenvalue weighted by atomic mass is 9.97. The fraction of sp³-hybridized carbons (Fsp3) is 0.304. The number of nitrogens with zero attached hydrogens (tertiary/aromatic N) is 2. The molecular weight excluding hydrogens is 336 g/mol. The highest BCUT2D eigenvalue weighted by Crippen LogP contribution is 2.35. The summed E-state index contributed by atoms with van der Waals surface area (Å²) in [5.74, 6) is 0.412. The molecule has 0 spiro atoms. The molecule has 0 fully saturated rings. The Morgan fingerprint density at radius 3 is 2.63 bits per heavy atom. The molecule has 2 N–H and O–H groups in total. The van der Waals surface area contributed by atoms with Crippen LogP contribution in [0.25, 0.3) is 0 Å². The fourth-order valence-electron chi connectivity index (χ4n) is 4.04. The number of aryl methyl sites for hydroxylation is 3. The zero-order valence-electron chi connectivity index (χ0n) is 15.9. The Labute approximate surface area is 160 Å². The monoisotopic (exact) mass is 362 g/mol. The second-order valence-corrected chi connectivity index (χ2v) is 7.51. The molecule has 0 amide bonds. The van der Waals surface area contributed by atoms with Crippen LogP contribution < -0.4 is 0 Å². The van der Waals surface area contributed by atoms with Crippen molar-refractivity contribution >= 4 is 0 Å². The molecule has 0 saturated carbocycles. The number of phenols is 2. The molecule has 0 bridgehead atoms. The van der Waals surface area contributed by atoms with E-state index in [9.17, 15) is 10.2 Å². The number of fused-ring (bicyclic) bond motifs is 1. The minimum Gasteiger partial charge on any atom is -0.508 e. The molecule has 1 aromatic heterocycles. The third-order valence-electron chi connectivity index (χ3n) is 5.64. The average Bonchev–Trinajstić information content (AvgIpc) is 3.02. The van der Waals surface area contributed by atoms with Crippen LogP contribution in [0.3, 0.4) is 0 Å². The predicted molar refractivity (Wildman–Crippen MR) is 107 cm³/mol. The Morgan fingerprint density at radius 2 is 1.81 bits per heavy atom. The van der Waals surface area contributed by atoms with Crippen LogP contribution in [0.1, 0.15) is 40.4 Å². The quantitative estimate of drug-likeness (QED) is 0.674. The Kier molecular flexibility index (Phi) is 4.66. The second-order valence-electron chi connectivity index (χ2n) is 7.51. The summed E-state index contributed by atoms with van der Waals surface area (Å²) in [6, 6.07) is 15.8. The van der Waals surface area contributed by atoms with Gasteiger partial charge in [0, 0.05) is 37.1 Å². The minimum atomic E-state index is 0.114. The molecule has 1 atom stereocenters. The van der Waals surface area contributed by atoms with Crippen molar-refractivity contribution in [3.05, 3.63) is 82.7 Å². The van der Waals surface area contributed by atoms with Crippen LogP contribution in [0.2, 0.25) is 0 Å². The lowest BCUT2D eigenvalue weighted by Gasteiger charge is -2.31. The van der Waals surface area contributed by atoms with Crippen molar-refractivity contribution in [2.45, 2.75) is 39.4 Å². The van der Waals surface area contributed by atoms with E-state index < -0.39 is 0 Å². The molecule has 140 valence electrons. The number of aromatic nitrogens is 1. The van der Waals surface area contributed by atoms with Gasteiger partial charge in [0.15, 0.2) is 0 Å². The van der Waals surface area contributed by atoms with Gasteiger partial charge in [0.2, 0.25) is 0 Å². The first kappa shape index (κ1) is 17.7. The van der Waals surface area contributed by atoms with Crippen molar-refractivity contribution < 1.29 is 10.2 Å². The third-order valence-corrected chi connectivity index (χ3v) is 5.64. The SMILES string of the molecule is Cc1ccc(C2c3cccn3CCCN2Cc2cc(O)ccc2O)cc1C. The lowest BCUT2D eigenvalue weighted by molar-refractivity contribution is 0.217. The zero-order chi connectivity index (χ0) is 19.0. The van der Waals surface area contributed by atoms with E-state index in [1.165, 1.54) is 28.5 Å². The highest BCUT2D eigenvalue weighted by Gasteiger charge is 2.28. The van der Waals surface area contributed by atoms with E-state index in [2.05, 4.69) is 59.8 Å². The maximum absolute atomic E-state index is 10.3. The first-order chi connectivity index (χ1) is 13.0. The van der Waals surface area contributed by atoms with Crippen LogP contribution in [0.4, 0.5) is 0 Å². The van der Waals surface area contributed by atoms with Crippen molar-refractivity contribution in [2.24, 2.45) is 0 Å². The number of aromatic hydroxyl groups is 2. The molecule has 4 nitrogen and oxygen atoms in total. The molecule has 1 unspecified atom stereocenters. The molecule has 2 aromatic carbocycles. The third kappa shape index (κ3) is 3.45. The Morgan fingerprint density at radius 1 is 0.963 bits per heavy atom. The molecule has 0 radical (unpaired) electrons. The van der Waals surface area contributed by atoms with Crippen LogP contribution in [0, 0.1) is 13.8 Å². The summed E-state index contributed by atoms with van der Waals surface area (Å²) < 4.78 is 2.34. The van der Waals surface area contributed by atoms with Gasteiger partial charge >= 0.3 is 0 Å². The van der Waals surface area contributed by atoms with Gasteiger partial charge in [0.05, 0.1) is 6.04 Å². The molecule has 0 saturated heterocycles. The van der Waals surface area contributed by atoms with Crippen LogP contribution >= 0.6 is 0 Å². The highest BCUT2D eigenvalue weighted by atomic mass is 16.3. The van der Waals surface area contributed by atoms with Gasteiger partial charge in [-0.15, -0.1) is 0 Å². The van der Waals surface area contributed by atoms with Gasteiger partial charge in [-0.05, 0) is 67.3 Å². The maximum atomic E-state index is 10.3. The number of rotatable bonds is 3. The highest BCUT2D eigenvalue weighted by molar-refractivity contribution is 5.40. The molecule has 4 heteroatoms. The first-order valence-electron chi connectivity index (χ1n) is 9.50. The second kappa shape index (κ2) is 7.12. The van der Waals surface area contributed by atoms with E-state index in [0.717, 1.165) is 25.1 Å². The number of hydrogen-bond donors (Lipinski definition) is 2. The molecule has 4 rings (SSSR count). The normalized spacial score (nSPS) is 17.5. The molecule has 1 aliphatic rings. The van der Waals surface area contributed by atoms with E-state index >= 15 is 0 Å². The van der Waals surface area contributed by atoms with Gasteiger partial charge in [-0.25, -0.2) is 0 Å². The lowest BCUT2D eigenvalue weighted by Crippen LogP contribution is -2.29. The topological polar surface area (TPSA) is 48.6 Å². The molecule has 3 aromatic rings. The van der Waals surface area contributed by atoms with Gasteiger partial charge in [-0.1, -0.05) is 18.2 Å². The van der Waals surface area contributed by atoms with E-state index in [1.54, 1.807) is 12.1 Å². The maximum Gasteiger partial charge on any atom is 0.120 e. The van der Waals surface area contributed by atoms with Crippen molar-refractivity contribution in [2.75, 3.05) is 6.54 Å². The summed E-state index contributed by atoms with van der Waals surface area (Å²) in [7, 11) is 0. The van der Waals surface area contributed by atoms with Crippen LogP contribution in [-0.4, -0.2) is 26.2 Å². The number of hydrogen-bond acceptors (Lipinski definition) is 3. The van der Waals surface area contributed by atoms with Gasteiger partial charge < -0.3 is 14.8 Å². The van der Waals surface area contributed by atoms with Crippen LogP contribution in [0.15, 0.2) is 54.7 Å². The van der Waals surface area contributed by atoms with Gasteiger partial charge in [-0.2, -0.15) is 0 Å². The van der Waals surface area contributed by atoms with E-state index in [1.807, 2.05) is 0 Å². The summed E-state index contributed by atoms with van der Waals surface area (Å²) >= 11 is 0. The minimum absolute atomic E-state index is 0.114. The molecule has 0 aliphatic carbocycles. The Balaban J connectivity index is 1.78. The molecule has 1 aliphatic heterocycles. The number of benzene rings is 2. The Bertz CT molecular complexity index is 961. The van der Waals surface area contributed by atoms with Crippen LogP contribution in [0.5, 0.6) is 11.5 Å². The summed E-state index contributed by atoms with van der Waals surface area (Å²) in [6.07, 6.45) is 3.20. The first-order valence-corrected chi connectivity index (χ1v) is 9.50. The van der Waals surface area contributed by atoms with E-state index in [-0.39, 0.29) is 17.5 Å². The van der Waals surface area contributed by atoms with Gasteiger partial charge in [-0.3, -0.25) is 4.90 Å². The Hall–Kier alpha value is -2.72. The van der Waals surface area contributed by atoms with Crippen molar-refractivity contribution in [1.82, 2.24) is 9.47 Å². The summed E-state index contributed by atoms with van der Waals surface area (Å²) in [6.45, 7) is 6.79. The van der Waals surface area contributed by atoms with E-state index in [4.69, 9.17) is 0 Å². The zero-order valence-corrected chi connectivity index (χ0v) is 15.9. The summed E-state index contributed by atoms with van der Waals surface area (Å²) in [4.78, 5) is 2.40. The fourth-order valence-corrected chi connectivity index (χ4v) is 4.04. The van der Waals surface area contributed by atoms with Gasteiger partial charge in [0.1, 0.15) is 11.5 Å². The van der Waals surface area contributed by atoms with Crippen molar-refractivity contribution in [1.29, 1.82) is 0 Å². The van der Waals surface area contributed by atoms with Crippen LogP contribution in [-0.2, 0) is 13.1 Å². The predicted octanol–water partition coefficient (Wildman–Crippen LogP) is 4.51. The summed E-state index contributed by atoms with van der Waals surface area (Å²) in [5, 5.41) is 20.1. The van der Waals surface area contributed by atoms with Crippen molar-refractivity contribution in [3.8, 4) is 11.5 Å². The summed E-state index contributed by atoms with van der Waals surface area (Å²) in [5.41, 5.74) is 5.87. The van der Waals surface area contributed by atoms with Crippen molar-refractivity contribution in [3.63, 3.8) is 0 Å². The van der Waals surface area contributed by atoms with Gasteiger partial charge in [0.25, 0.3) is 0 Å². The molecule has 27 heavy (non-hydrogen) atoms. The molecule has 2 heterocycles.